The van der Waals surface area contributed by atoms with Crippen LogP contribution in [0.25, 0.3) is 10.8 Å². The lowest BCUT2D eigenvalue weighted by atomic mass is 9.81. The fourth-order valence-corrected chi connectivity index (χ4v) is 4.61. The lowest BCUT2D eigenvalue weighted by molar-refractivity contribution is 0.281. The van der Waals surface area contributed by atoms with E-state index in [4.69, 9.17) is 0 Å². The van der Waals surface area contributed by atoms with E-state index >= 15 is 0 Å². The molecule has 0 spiro atoms. The Bertz CT molecular complexity index is 881. The zero-order valence-corrected chi connectivity index (χ0v) is 16.1. The smallest absolute Gasteiger partial charge is 0.0681 e. The minimum absolute atomic E-state index is 0.123. The van der Waals surface area contributed by atoms with Crippen LogP contribution in [0, 0.1) is 0 Å². The zero-order chi connectivity index (χ0) is 18.6. The van der Waals surface area contributed by atoms with Crippen LogP contribution in [0.3, 0.4) is 0 Å². The highest BCUT2D eigenvalue weighted by molar-refractivity contribution is 5.86. The van der Waals surface area contributed by atoms with E-state index in [2.05, 4.69) is 79.0 Å². The third-order valence-corrected chi connectivity index (χ3v) is 6.08. The molecule has 0 saturated heterocycles. The molecule has 0 radical (unpaired) electrons. The van der Waals surface area contributed by atoms with Crippen LogP contribution in [0.15, 0.2) is 66.7 Å². The molecule has 2 nitrogen and oxygen atoms in total. The van der Waals surface area contributed by atoms with Crippen molar-refractivity contribution in [3.8, 4) is 0 Å². The number of fused-ring (bicyclic) bond motifs is 1. The van der Waals surface area contributed by atoms with Gasteiger partial charge < -0.3 is 10.4 Å². The number of hydrogen-bond acceptors (Lipinski definition) is 2. The maximum Gasteiger partial charge on any atom is 0.0681 e. The molecule has 1 saturated carbocycles. The van der Waals surface area contributed by atoms with E-state index in [0.717, 1.165) is 5.56 Å². The van der Waals surface area contributed by atoms with Gasteiger partial charge in [0.2, 0.25) is 0 Å². The molecule has 2 N–H and O–H groups in total. The quantitative estimate of drug-likeness (QED) is 0.611. The molecular weight excluding hydrogens is 330 g/mol. The Labute approximate surface area is 162 Å². The summed E-state index contributed by atoms with van der Waals surface area (Å²) < 4.78 is 0. The van der Waals surface area contributed by atoms with Gasteiger partial charge in [0.25, 0.3) is 0 Å². The van der Waals surface area contributed by atoms with Crippen LogP contribution in [-0.4, -0.2) is 11.1 Å². The van der Waals surface area contributed by atoms with Crippen LogP contribution in [0.2, 0.25) is 0 Å². The molecule has 3 aromatic carbocycles. The summed E-state index contributed by atoms with van der Waals surface area (Å²) in [6, 6.07) is 24.7. The topological polar surface area (TPSA) is 32.3 Å². The van der Waals surface area contributed by atoms with E-state index in [1.165, 1.54) is 47.6 Å². The van der Waals surface area contributed by atoms with Gasteiger partial charge in [-0.05, 0) is 59.6 Å². The van der Waals surface area contributed by atoms with Crippen molar-refractivity contribution in [3.63, 3.8) is 0 Å². The Morgan fingerprint density at radius 2 is 1.74 bits per heavy atom. The van der Waals surface area contributed by atoms with Gasteiger partial charge in [0.15, 0.2) is 0 Å². The summed E-state index contributed by atoms with van der Waals surface area (Å²) in [6.07, 6.45) is 4.97. The third-order valence-electron chi connectivity index (χ3n) is 6.08. The van der Waals surface area contributed by atoms with Crippen LogP contribution in [0.4, 0.5) is 0 Å². The highest BCUT2D eigenvalue weighted by Gasteiger charge is 2.24. The number of aliphatic hydroxyl groups is 1. The Kier molecular flexibility index (Phi) is 5.56. The van der Waals surface area contributed by atoms with Crippen molar-refractivity contribution in [1.82, 2.24) is 5.32 Å². The molecule has 0 aromatic heterocycles. The van der Waals surface area contributed by atoms with Crippen LogP contribution in [0.1, 0.15) is 61.3 Å². The average molecular weight is 360 g/mol. The second-order valence-corrected chi connectivity index (χ2v) is 7.92. The summed E-state index contributed by atoms with van der Waals surface area (Å²) in [5.41, 5.74) is 3.80. The summed E-state index contributed by atoms with van der Waals surface area (Å²) in [5.74, 6) is 0.615. The lowest BCUT2D eigenvalue weighted by Crippen LogP contribution is -2.35. The van der Waals surface area contributed by atoms with Gasteiger partial charge in [-0.1, -0.05) is 73.2 Å². The summed E-state index contributed by atoms with van der Waals surface area (Å²) in [7, 11) is 0. The lowest BCUT2D eigenvalue weighted by Gasteiger charge is -2.32. The molecule has 0 aliphatic heterocycles. The second kappa shape index (κ2) is 8.24. The van der Waals surface area contributed by atoms with Crippen LogP contribution < -0.4 is 5.32 Å². The van der Waals surface area contributed by atoms with E-state index in [1.807, 2.05) is 0 Å². The number of benzene rings is 3. The first-order valence-corrected chi connectivity index (χ1v) is 10.2. The van der Waals surface area contributed by atoms with E-state index in [-0.39, 0.29) is 6.61 Å². The van der Waals surface area contributed by atoms with E-state index in [1.54, 1.807) is 0 Å². The highest BCUT2D eigenvalue weighted by atomic mass is 16.3. The molecule has 3 unspecified atom stereocenters. The van der Waals surface area contributed by atoms with E-state index < -0.39 is 0 Å². The molecule has 1 aliphatic carbocycles. The molecule has 4 rings (SSSR count). The molecule has 1 aliphatic rings. The van der Waals surface area contributed by atoms with Gasteiger partial charge in [0, 0.05) is 12.1 Å². The summed E-state index contributed by atoms with van der Waals surface area (Å²) in [4.78, 5) is 0. The summed E-state index contributed by atoms with van der Waals surface area (Å²) in [6.45, 7) is 2.42. The number of nitrogens with one attached hydrogen (secondary N) is 1. The van der Waals surface area contributed by atoms with E-state index in [9.17, 15) is 5.11 Å². The van der Waals surface area contributed by atoms with Gasteiger partial charge in [0.05, 0.1) is 6.61 Å². The Morgan fingerprint density at radius 1 is 0.963 bits per heavy atom. The SMILES string of the molecule is CC(NC1CCCC(c2ccc(CO)cc2)C1)c1cccc2ccccc12. The molecule has 3 aromatic rings. The van der Waals surface area contributed by atoms with Crippen molar-refractivity contribution >= 4 is 10.8 Å². The largest absolute Gasteiger partial charge is 0.392 e. The number of rotatable bonds is 5. The molecule has 3 atom stereocenters. The summed E-state index contributed by atoms with van der Waals surface area (Å²) in [5, 5.41) is 15.8. The molecule has 0 bridgehead atoms. The maximum atomic E-state index is 9.25. The van der Waals surface area contributed by atoms with Gasteiger partial charge in [-0.25, -0.2) is 0 Å². The Balaban J connectivity index is 1.46. The van der Waals surface area contributed by atoms with E-state index in [0.29, 0.717) is 18.0 Å². The molecular formula is C25H29NO. The zero-order valence-electron chi connectivity index (χ0n) is 16.1. The first-order chi connectivity index (χ1) is 13.2. The van der Waals surface area contributed by atoms with Gasteiger partial charge in [-0.2, -0.15) is 0 Å². The number of aliphatic hydroxyl groups excluding tert-OH is 1. The maximum absolute atomic E-state index is 9.25. The Hall–Kier alpha value is -2.16. The van der Waals surface area contributed by atoms with Crippen LogP contribution >= 0.6 is 0 Å². The van der Waals surface area contributed by atoms with Crippen molar-refractivity contribution in [2.24, 2.45) is 0 Å². The fraction of sp³-hybridized carbons (Fsp3) is 0.360. The van der Waals surface area contributed by atoms with Gasteiger partial charge in [-0.3, -0.25) is 0 Å². The molecule has 0 heterocycles. The van der Waals surface area contributed by atoms with Crippen LogP contribution in [-0.2, 0) is 6.61 Å². The van der Waals surface area contributed by atoms with Crippen molar-refractivity contribution in [2.45, 2.75) is 57.2 Å². The fourth-order valence-electron chi connectivity index (χ4n) is 4.61. The Morgan fingerprint density at radius 3 is 2.56 bits per heavy atom. The minimum Gasteiger partial charge on any atom is -0.392 e. The van der Waals surface area contributed by atoms with Gasteiger partial charge >= 0.3 is 0 Å². The normalized spacial score (nSPS) is 21.3. The third kappa shape index (κ3) is 4.07. The monoisotopic (exact) mass is 359 g/mol. The average Bonchev–Trinajstić information content (AvgIpc) is 2.73. The van der Waals surface area contributed by atoms with Gasteiger partial charge in [-0.15, -0.1) is 0 Å². The van der Waals surface area contributed by atoms with Crippen molar-refractivity contribution in [3.05, 3.63) is 83.4 Å². The highest BCUT2D eigenvalue weighted by Crippen LogP contribution is 2.34. The summed E-state index contributed by atoms with van der Waals surface area (Å²) >= 11 is 0. The molecule has 0 amide bonds. The minimum atomic E-state index is 0.123. The molecule has 27 heavy (non-hydrogen) atoms. The first kappa shape index (κ1) is 18.2. The molecule has 2 heteroatoms. The molecule has 1 fully saturated rings. The number of hydrogen-bond donors (Lipinski definition) is 2. The second-order valence-electron chi connectivity index (χ2n) is 7.92. The first-order valence-electron chi connectivity index (χ1n) is 10.2. The van der Waals surface area contributed by atoms with Crippen LogP contribution in [0.5, 0.6) is 0 Å². The van der Waals surface area contributed by atoms with Crippen molar-refractivity contribution < 1.29 is 5.11 Å². The predicted octanol–water partition coefficient (Wildman–Crippen LogP) is 5.71. The standard InChI is InChI=1S/C25H29NO/c1-18(24-11-5-7-21-6-2-3-10-25(21)24)26-23-9-4-8-22(16-23)20-14-12-19(17-27)13-15-20/h2-3,5-7,10-15,18,22-23,26-27H,4,8-9,16-17H2,1H3. The predicted molar refractivity (Wildman–Crippen MR) is 113 cm³/mol. The van der Waals surface area contributed by atoms with Gasteiger partial charge in [0.1, 0.15) is 0 Å². The molecule has 140 valence electrons. The van der Waals surface area contributed by atoms with Crippen molar-refractivity contribution in [1.29, 1.82) is 0 Å². The van der Waals surface area contributed by atoms with Crippen molar-refractivity contribution in [2.75, 3.05) is 0 Å².